The summed E-state index contributed by atoms with van der Waals surface area (Å²) in [5.74, 6) is -2.02. The molecule has 4 heterocycles. The molecular weight excluding hydrogens is 596 g/mol. The maximum Gasteiger partial charge on any atom is 0.308 e. The van der Waals surface area contributed by atoms with E-state index < -0.39 is 17.1 Å². The van der Waals surface area contributed by atoms with Gasteiger partial charge in [-0.1, -0.05) is 46.8 Å². The van der Waals surface area contributed by atoms with Crippen molar-refractivity contribution < 1.29 is 19.1 Å². The number of hydrogen-bond donors (Lipinski definition) is 0. The zero-order chi connectivity index (χ0) is 29.5. The Morgan fingerprint density at radius 3 is 2.29 bits per heavy atom. The van der Waals surface area contributed by atoms with Crippen LogP contribution in [0.3, 0.4) is 0 Å². The van der Waals surface area contributed by atoms with Crippen molar-refractivity contribution in [1.29, 1.82) is 0 Å². The number of fused-ring (bicyclic) bond motifs is 2. The third-order valence-electron chi connectivity index (χ3n) is 8.17. The molecular formula is C30H31ClN4O5S2. The van der Waals surface area contributed by atoms with Crippen molar-refractivity contribution in [3.63, 3.8) is 0 Å². The molecule has 3 aliphatic rings. The number of morpholine rings is 1. The molecule has 0 radical (unpaired) electrons. The van der Waals surface area contributed by atoms with Crippen LogP contribution < -0.4 is 14.7 Å². The minimum absolute atomic E-state index is 0.119. The minimum Gasteiger partial charge on any atom is -0.378 e. The lowest BCUT2D eigenvalue weighted by atomic mass is 9.83. The number of benzene rings is 2. The first-order valence-electron chi connectivity index (χ1n) is 14.1. The minimum atomic E-state index is -0.744. The van der Waals surface area contributed by atoms with Gasteiger partial charge in [0, 0.05) is 47.7 Å². The lowest BCUT2D eigenvalue weighted by Crippen LogP contribution is -2.43. The van der Waals surface area contributed by atoms with Crippen molar-refractivity contribution in [2.75, 3.05) is 49.2 Å². The quantitative estimate of drug-likeness (QED) is 0.365. The molecule has 9 nitrogen and oxygen atoms in total. The van der Waals surface area contributed by atoms with Crippen molar-refractivity contribution in [3.05, 3.63) is 73.7 Å². The van der Waals surface area contributed by atoms with Gasteiger partial charge in [0.25, 0.3) is 0 Å². The number of rotatable bonds is 7. The lowest BCUT2D eigenvalue weighted by Gasteiger charge is -2.31. The Hall–Kier alpha value is -3.12. The number of thioether (sulfide) groups is 1. The fraction of sp³-hybridized carbons (Fsp3) is 0.400. The van der Waals surface area contributed by atoms with E-state index in [4.69, 9.17) is 16.3 Å². The second kappa shape index (κ2) is 11.9. The SMILES string of the molecule is CCN(CC)c1ccc(C2c3sc(=O)n(CC(=O)N4CCOCC4)c3SC3C(=O)N(c4ccc(Cl)cc4)C(=O)C32)cc1. The van der Waals surface area contributed by atoms with E-state index in [2.05, 4.69) is 18.7 Å². The van der Waals surface area contributed by atoms with E-state index in [0.29, 0.717) is 42.0 Å². The summed E-state index contributed by atoms with van der Waals surface area (Å²) in [5.41, 5.74) is 2.38. The van der Waals surface area contributed by atoms with Gasteiger partial charge in [0.05, 0.1) is 29.8 Å². The van der Waals surface area contributed by atoms with Crippen LogP contribution in [-0.2, 0) is 25.7 Å². The molecule has 3 aromatic rings. The predicted octanol–water partition coefficient (Wildman–Crippen LogP) is 4.06. The number of imide groups is 1. The maximum absolute atomic E-state index is 14.1. The van der Waals surface area contributed by atoms with Gasteiger partial charge >= 0.3 is 4.87 Å². The standard InChI is InChI=1S/C30H31ClN4O5S2/c1-3-32(4-2)20-9-5-18(6-10-20)23-24-25(28(38)35(27(24)37)21-11-7-19(31)8-12-21)41-29-26(23)42-30(39)34(29)17-22(36)33-13-15-40-16-14-33/h5-12,23-25H,3-4,13-17H2,1-2H3. The highest BCUT2D eigenvalue weighted by molar-refractivity contribution is 8.00. The topological polar surface area (TPSA) is 92.2 Å². The predicted molar refractivity (Wildman–Crippen MR) is 165 cm³/mol. The number of thiazole rings is 1. The molecule has 3 atom stereocenters. The molecule has 42 heavy (non-hydrogen) atoms. The molecule has 2 saturated heterocycles. The molecule has 0 bridgehead atoms. The van der Waals surface area contributed by atoms with Crippen LogP contribution in [0.15, 0.2) is 58.4 Å². The number of amides is 3. The number of halogens is 1. The Morgan fingerprint density at radius 2 is 1.64 bits per heavy atom. The first-order valence-corrected chi connectivity index (χ1v) is 16.1. The number of ether oxygens (including phenoxy) is 1. The average Bonchev–Trinajstić information content (AvgIpc) is 3.45. The van der Waals surface area contributed by atoms with Crippen LogP contribution in [-0.4, -0.2) is 71.8 Å². The number of carbonyl (C=O) groups is 3. The van der Waals surface area contributed by atoms with Gasteiger partial charge in [-0.2, -0.15) is 0 Å². The van der Waals surface area contributed by atoms with Crippen molar-refractivity contribution in [1.82, 2.24) is 9.47 Å². The van der Waals surface area contributed by atoms with Crippen LogP contribution in [0.4, 0.5) is 11.4 Å². The fourth-order valence-electron chi connectivity index (χ4n) is 5.99. The van der Waals surface area contributed by atoms with E-state index in [9.17, 15) is 19.2 Å². The summed E-state index contributed by atoms with van der Waals surface area (Å²) < 4.78 is 6.86. The van der Waals surface area contributed by atoms with E-state index in [1.54, 1.807) is 29.2 Å². The molecule has 12 heteroatoms. The second-order valence-corrected chi connectivity index (χ2v) is 13.0. The summed E-state index contributed by atoms with van der Waals surface area (Å²) in [7, 11) is 0. The Balaban J connectivity index is 1.43. The van der Waals surface area contributed by atoms with Crippen molar-refractivity contribution in [2.45, 2.75) is 36.6 Å². The van der Waals surface area contributed by atoms with Crippen molar-refractivity contribution >= 4 is 63.8 Å². The summed E-state index contributed by atoms with van der Waals surface area (Å²) in [5, 5.41) is 0.351. The molecule has 0 spiro atoms. The second-order valence-electron chi connectivity index (χ2n) is 10.4. The summed E-state index contributed by atoms with van der Waals surface area (Å²) >= 11 is 8.37. The van der Waals surface area contributed by atoms with Crippen molar-refractivity contribution in [2.24, 2.45) is 5.92 Å². The Labute approximate surface area is 257 Å². The third kappa shape index (κ3) is 5.06. The van der Waals surface area contributed by atoms with Gasteiger partial charge in [-0.15, -0.1) is 0 Å². The monoisotopic (exact) mass is 626 g/mol. The highest BCUT2D eigenvalue weighted by Gasteiger charge is 2.56. The number of nitrogens with zero attached hydrogens (tertiary/aromatic N) is 4. The summed E-state index contributed by atoms with van der Waals surface area (Å²) in [4.78, 5) is 60.2. The van der Waals surface area contributed by atoms with Crippen LogP contribution in [0.1, 0.15) is 30.2 Å². The summed E-state index contributed by atoms with van der Waals surface area (Å²) in [6.07, 6.45) is 0. The van der Waals surface area contributed by atoms with E-state index in [1.807, 2.05) is 24.3 Å². The Bertz CT molecular complexity index is 1560. The van der Waals surface area contributed by atoms with Gasteiger partial charge in [0.15, 0.2) is 0 Å². The number of hydrogen-bond acceptors (Lipinski definition) is 8. The van der Waals surface area contributed by atoms with Crippen LogP contribution >= 0.6 is 34.7 Å². The van der Waals surface area contributed by atoms with Crippen LogP contribution in [0, 0.1) is 5.92 Å². The largest absolute Gasteiger partial charge is 0.378 e. The van der Waals surface area contributed by atoms with E-state index >= 15 is 0 Å². The molecule has 2 aromatic carbocycles. The molecule has 1 aromatic heterocycles. The Kier molecular flexibility index (Phi) is 8.19. The molecule has 0 aliphatic carbocycles. The zero-order valence-corrected chi connectivity index (χ0v) is 25.7. The van der Waals surface area contributed by atoms with Gasteiger partial charge < -0.3 is 14.5 Å². The molecule has 220 valence electrons. The third-order valence-corrected chi connectivity index (χ3v) is 11.0. The summed E-state index contributed by atoms with van der Waals surface area (Å²) in [6, 6.07) is 14.7. The van der Waals surface area contributed by atoms with E-state index in [-0.39, 0.29) is 29.1 Å². The molecule has 6 rings (SSSR count). The normalized spacial score (nSPS) is 21.8. The van der Waals surface area contributed by atoms with Gasteiger partial charge in [0.1, 0.15) is 11.8 Å². The maximum atomic E-state index is 14.1. The van der Waals surface area contributed by atoms with E-state index in [0.717, 1.165) is 40.6 Å². The number of carbonyl (C=O) groups excluding carboxylic acids is 3. The lowest BCUT2D eigenvalue weighted by molar-refractivity contribution is -0.136. The van der Waals surface area contributed by atoms with Crippen molar-refractivity contribution in [3.8, 4) is 0 Å². The highest BCUT2D eigenvalue weighted by atomic mass is 35.5. The van der Waals surface area contributed by atoms with Crippen LogP contribution in [0.2, 0.25) is 5.02 Å². The van der Waals surface area contributed by atoms with E-state index in [1.165, 1.54) is 21.2 Å². The van der Waals surface area contributed by atoms with Crippen LogP contribution in [0.25, 0.3) is 0 Å². The van der Waals surface area contributed by atoms with Gasteiger partial charge in [0.2, 0.25) is 17.7 Å². The smallest absolute Gasteiger partial charge is 0.308 e. The molecule has 0 saturated carbocycles. The summed E-state index contributed by atoms with van der Waals surface area (Å²) in [6.45, 7) is 7.66. The first kappa shape index (κ1) is 29.0. The number of aromatic nitrogens is 1. The molecule has 3 aliphatic heterocycles. The molecule has 3 unspecified atom stereocenters. The zero-order valence-electron chi connectivity index (χ0n) is 23.3. The number of anilines is 2. The first-order chi connectivity index (χ1) is 20.3. The van der Waals surface area contributed by atoms with Gasteiger partial charge in [-0.25, -0.2) is 4.90 Å². The average molecular weight is 627 g/mol. The highest BCUT2D eigenvalue weighted by Crippen LogP contribution is 2.54. The Morgan fingerprint density at radius 1 is 0.976 bits per heavy atom. The molecule has 3 amide bonds. The van der Waals surface area contributed by atoms with Gasteiger partial charge in [-0.05, 0) is 55.8 Å². The fourth-order valence-corrected chi connectivity index (χ4v) is 8.89. The van der Waals surface area contributed by atoms with Crippen LogP contribution in [0.5, 0.6) is 0 Å². The molecule has 2 fully saturated rings. The van der Waals surface area contributed by atoms with Gasteiger partial charge in [-0.3, -0.25) is 23.7 Å². The molecule has 0 N–H and O–H groups in total.